The molecule has 2 atom stereocenters. The smallest absolute Gasteiger partial charge is 0.127 e. The van der Waals surface area contributed by atoms with Crippen molar-refractivity contribution in [2.45, 2.75) is 25.4 Å². The first-order chi connectivity index (χ1) is 10.0. The van der Waals surface area contributed by atoms with Gasteiger partial charge in [-0.1, -0.05) is 24.6 Å². The molecule has 1 aliphatic rings. The van der Waals surface area contributed by atoms with E-state index in [1.807, 2.05) is 0 Å². The molecule has 118 valence electrons. The van der Waals surface area contributed by atoms with Gasteiger partial charge < -0.3 is 10.2 Å². The van der Waals surface area contributed by atoms with E-state index in [2.05, 4.69) is 36.1 Å². The van der Waals surface area contributed by atoms with Gasteiger partial charge in [-0.3, -0.25) is 4.90 Å². The molecule has 2 rings (SSSR count). The molecule has 21 heavy (non-hydrogen) atoms. The summed E-state index contributed by atoms with van der Waals surface area (Å²) in [6, 6.07) is 5.46. The lowest BCUT2D eigenvalue weighted by Crippen LogP contribution is -2.59. The normalized spacial score (nSPS) is 22.4. The zero-order valence-electron chi connectivity index (χ0n) is 13.1. The Bertz CT molecular complexity index is 449. The van der Waals surface area contributed by atoms with Crippen molar-refractivity contribution in [2.24, 2.45) is 0 Å². The predicted octanol–water partition coefficient (Wildman–Crippen LogP) is 2.25. The molecule has 1 saturated heterocycles. The number of halogens is 2. The van der Waals surface area contributed by atoms with Crippen molar-refractivity contribution in [1.82, 2.24) is 15.1 Å². The number of nitrogens with one attached hydrogen (secondary N) is 1. The molecule has 1 N–H and O–H groups in total. The van der Waals surface area contributed by atoms with Crippen LogP contribution in [0.5, 0.6) is 0 Å². The first kappa shape index (κ1) is 16.7. The second kappa shape index (κ2) is 7.54. The molecule has 0 radical (unpaired) electrons. The Morgan fingerprint density at radius 1 is 1.38 bits per heavy atom. The van der Waals surface area contributed by atoms with E-state index < -0.39 is 0 Å². The molecule has 1 fully saturated rings. The highest BCUT2D eigenvalue weighted by atomic mass is 35.5. The van der Waals surface area contributed by atoms with Crippen LogP contribution in [-0.4, -0.2) is 62.2 Å². The summed E-state index contributed by atoms with van der Waals surface area (Å²) in [5.41, 5.74) is 0.617. The van der Waals surface area contributed by atoms with Crippen LogP contribution >= 0.6 is 11.6 Å². The van der Waals surface area contributed by atoms with Crippen LogP contribution in [0.2, 0.25) is 5.02 Å². The number of rotatable bonds is 5. The minimum atomic E-state index is -0.211. The molecule has 2 unspecified atom stereocenters. The predicted molar refractivity (Wildman–Crippen MR) is 86.5 cm³/mol. The van der Waals surface area contributed by atoms with Crippen LogP contribution in [-0.2, 0) is 6.42 Å². The van der Waals surface area contributed by atoms with Crippen molar-refractivity contribution in [1.29, 1.82) is 0 Å². The fourth-order valence-corrected chi connectivity index (χ4v) is 3.27. The minimum Gasteiger partial charge on any atom is -0.312 e. The van der Waals surface area contributed by atoms with E-state index in [0.29, 0.717) is 23.0 Å². The summed E-state index contributed by atoms with van der Waals surface area (Å²) < 4.78 is 14.1. The van der Waals surface area contributed by atoms with Crippen molar-refractivity contribution in [2.75, 3.05) is 40.3 Å². The van der Waals surface area contributed by atoms with Gasteiger partial charge in [0.1, 0.15) is 5.82 Å². The SMILES string of the molecule is CCNC(Cc1c(F)cccc1Cl)C1CN(C)CCN1C. The third-order valence-corrected chi connectivity index (χ3v) is 4.67. The number of hydrogen-bond acceptors (Lipinski definition) is 3. The molecule has 0 spiro atoms. The molecule has 1 heterocycles. The van der Waals surface area contributed by atoms with E-state index in [1.165, 1.54) is 6.07 Å². The quantitative estimate of drug-likeness (QED) is 0.899. The third kappa shape index (κ3) is 4.16. The van der Waals surface area contributed by atoms with Crippen molar-refractivity contribution in [3.8, 4) is 0 Å². The van der Waals surface area contributed by atoms with Gasteiger partial charge in [-0.25, -0.2) is 4.39 Å². The van der Waals surface area contributed by atoms with Crippen LogP contribution in [0.3, 0.4) is 0 Å². The van der Waals surface area contributed by atoms with Crippen LogP contribution < -0.4 is 5.32 Å². The molecule has 5 heteroatoms. The number of benzene rings is 1. The average molecular weight is 314 g/mol. The lowest BCUT2D eigenvalue weighted by Gasteiger charge is -2.42. The summed E-state index contributed by atoms with van der Waals surface area (Å²) in [5.74, 6) is -0.211. The van der Waals surface area contributed by atoms with Gasteiger partial charge in [0.15, 0.2) is 0 Å². The highest BCUT2D eigenvalue weighted by Gasteiger charge is 2.30. The molecule has 1 aromatic carbocycles. The molecule has 0 amide bonds. The lowest BCUT2D eigenvalue weighted by molar-refractivity contribution is 0.0879. The van der Waals surface area contributed by atoms with Gasteiger partial charge in [0.05, 0.1) is 0 Å². The largest absolute Gasteiger partial charge is 0.312 e. The molecule has 0 bridgehead atoms. The second-order valence-corrected chi connectivity index (χ2v) is 6.29. The third-order valence-electron chi connectivity index (χ3n) is 4.32. The zero-order chi connectivity index (χ0) is 15.4. The second-order valence-electron chi connectivity index (χ2n) is 5.88. The van der Waals surface area contributed by atoms with Gasteiger partial charge >= 0.3 is 0 Å². The first-order valence-corrected chi connectivity index (χ1v) is 7.95. The summed E-state index contributed by atoms with van der Waals surface area (Å²) in [6.45, 7) is 6.05. The van der Waals surface area contributed by atoms with Crippen molar-refractivity contribution < 1.29 is 4.39 Å². The number of hydrogen-bond donors (Lipinski definition) is 1. The molecular formula is C16H25ClFN3. The highest BCUT2D eigenvalue weighted by molar-refractivity contribution is 6.31. The van der Waals surface area contributed by atoms with Crippen LogP contribution in [0.1, 0.15) is 12.5 Å². The maximum absolute atomic E-state index is 14.1. The molecule has 3 nitrogen and oxygen atoms in total. The first-order valence-electron chi connectivity index (χ1n) is 7.58. The maximum Gasteiger partial charge on any atom is 0.127 e. The average Bonchev–Trinajstić information content (AvgIpc) is 2.44. The van der Waals surface area contributed by atoms with Gasteiger partial charge in [-0.2, -0.15) is 0 Å². The summed E-state index contributed by atoms with van der Waals surface area (Å²) in [6.07, 6.45) is 0.613. The fourth-order valence-electron chi connectivity index (χ4n) is 3.03. The minimum absolute atomic E-state index is 0.192. The van der Waals surface area contributed by atoms with E-state index in [-0.39, 0.29) is 11.9 Å². The molecular weight excluding hydrogens is 289 g/mol. The number of likely N-dealkylation sites (N-methyl/N-ethyl adjacent to an activating group) is 3. The molecule has 1 aromatic rings. The monoisotopic (exact) mass is 313 g/mol. The van der Waals surface area contributed by atoms with Crippen LogP contribution in [0.15, 0.2) is 18.2 Å². The Kier molecular flexibility index (Phi) is 5.99. The number of piperazine rings is 1. The molecule has 0 aromatic heterocycles. The van der Waals surface area contributed by atoms with Gasteiger partial charge in [0.2, 0.25) is 0 Å². The topological polar surface area (TPSA) is 18.5 Å². The Labute approximate surface area is 132 Å². The Balaban J connectivity index is 2.18. The van der Waals surface area contributed by atoms with Gasteiger partial charge in [-0.05, 0) is 39.2 Å². The fraction of sp³-hybridized carbons (Fsp3) is 0.625. The van der Waals surface area contributed by atoms with Gasteiger partial charge in [-0.15, -0.1) is 0 Å². The summed E-state index contributed by atoms with van der Waals surface area (Å²) in [5, 5.41) is 4.03. The Hall–Kier alpha value is -0.680. The van der Waals surface area contributed by atoms with Gasteiger partial charge in [0.25, 0.3) is 0 Å². The van der Waals surface area contributed by atoms with Crippen LogP contribution in [0, 0.1) is 5.82 Å². The molecule has 1 aliphatic heterocycles. The summed E-state index contributed by atoms with van der Waals surface area (Å²) in [7, 11) is 4.28. The van der Waals surface area contributed by atoms with Crippen LogP contribution in [0.25, 0.3) is 0 Å². The van der Waals surface area contributed by atoms with E-state index >= 15 is 0 Å². The Morgan fingerprint density at radius 2 is 2.14 bits per heavy atom. The van der Waals surface area contributed by atoms with E-state index in [4.69, 9.17) is 11.6 Å². The molecule has 0 aliphatic carbocycles. The molecule has 0 saturated carbocycles. The highest BCUT2D eigenvalue weighted by Crippen LogP contribution is 2.23. The van der Waals surface area contributed by atoms with E-state index in [9.17, 15) is 4.39 Å². The van der Waals surface area contributed by atoms with E-state index in [1.54, 1.807) is 12.1 Å². The number of nitrogens with zero attached hydrogens (tertiary/aromatic N) is 2. The van der Waals surface area contributed by atoms with Gasteiger partial charge in [0, 0.05) is 42.3 Å². The lowest BCUT2D eigenvalue weighted by atomic mass is 9.96. The van der Waals surface area contributed by atoms with Crippen molar-refractivity contribution in [3.63, 3.8) is 0 Å². The van der Waals surface area contributed by atoms with Crippen molar-refractivity contribution >= 4 is 11.6 Å². The van der Waals surface area contributed by atoms with E-state index in [0.717, 1.165) is 26.2 Å². The summed E-state index contributed by atoms with van der Waals surface area (Å²) >= 11 is 6.19. The maximum atomic E-state index is 14.1. The van der Waals surface area contributed by atoms with Crippen LogP contribution in [0.4, 0.5) is 4.39 Å². The summed E-state index contributed by atoms with van der Waals surface area (Å²) in [4.78, 5) is 4.69. The zero-order valence-corrected chi connectivity index (χ0v) is 13.8. The Morgan fingerprint density at radius 3 is 2.81 bits per heavy atom. The van der Waals surface area contributed by atoms with Crippen molar-refractivity contribution in [3.05, 3.63) is 34.6 Å². The standard InChI is InChI=1S/C16H25ClFN3/c1-4-19-15(16-11-20(2)8-9-21(16)3)10-12-13(17)6-5-7-14(12)18/h5-7,15-16,19H,4,8-11H2,1-3H3.